The molecule has 0 aliphatic rings. The third-order valence-corrected chi connectivity index (χ3v) is 6.19. The number of nitrogens with zero attached hydrogens (tertiary/aromatic N) is 4. The number of nitrogens with one attached hydrogen (secondary N) is 1. The van der Waals surface area contributed by atoms with Crippen molar-refractivity contribution in [3.63, 3.8) is 0 Å². The number of para-hydroxylation sites is 1. The fourth-order valence-electron chi connectivity index (χ4n) is 2.90. The van der Waals surface area contributed by atoms with Crippen molar-refractivity contribution in [2.75, 3.05) is 12.9 Å². The molecular formula is C24H27N5O3S. The molecule has 8 nitrogen and oxygen atoms in total. The monoisotopic (exact) mass is 465 g/mol. The first-order valence-corrected chi connectivity index (χ1v) is 11.5. The second kappa shape index (κ2) is 10.9. The van der Waals surface area contributed by atoms with Crippen molar-refractivity contribution in [2.45, 2.75) is 38.1 Å². The summed E-state index contributed by atoms with van der Waals surface area (Å²) in [7, 11) is 1.61. The summed E-state index contributed by atoms with van der Waals surface area (Å²) >= 11 is 1.26. The van der Waals surface area contributed by atoms with Crippen LogP contribution in [0.25, 0.3) is 5.69 Å². The normalized spacial score (nSPS) is 12.6. The predicted molar refractivity (Wildman–Crippen MR) is 126 cm³/mol. The van der Waals surface area contributed by atoms with E-state index in [-0.39, 0.29) is 24.2 Å². The molecule has 2 aromatic carbocycles. The molecule has 1 unspecified atom stereocenters. The van der Waals surface area contributed by atoms with Crippen LogP contribution in [0.15, 0.2) is 59.8 Å². The summed E-state index contributed by atoms with van der Waals surface area (Å²) in [5.74, 6) is 1.87. The Balaban J connectivity index is 1.76. The van der Waals surface area contributed by atoms with Gasteiger partial charge in [0.05, 0.1) is 18.9 Å². The average Bonchev–Trinajstić information content (AvgIpc) is 3.24. The van der Waals surface area contributed by atoms with Gasteiger partial charge in [-0.15, -0.1) is 10.2 Å². The molecular weight excluding hydrogens is 438 g/mol. The first-order valence-electron chi connectivity index (χ1n) is 10.5. The van der Waals surface area contributed by atoms with Gasteiger partial charge in [0.15, 0.2) is 11.0 Å². The molecule has 172 valence electrons. The van der Waals surface area contributed by atoms with Gasteiger partial charge in [-0.2, -0.15) is 5.26 Å². The molecule has 1 heterocycles. The van der Waals surface area contributed by atoms with Crippen LogP contribution in [0.5, 0.6) is 11.5 Å². The molecule has 1 N–H and O–H groups in total. The molecule has 1 atom stereocenters. The molecule has 0 spiro atoms. The van der Waals surface area contributed by atoms with E-state index < -0.39 is 5.54 Å². The third-order valence-electron chi connectivity index (χ3n) is 5.26. The van der Waals surface area contributed by atoms with E-state index in [0.717, 1.165) is 11.4 Å². The number of ether oxygens (including phenoxy) is 2. The van der Waals surface area contributed by atoms with Crippen molar-refractivity contribution in [2.24, 2.45) is 5.92 Å². The summed E-state index contributed by atoms with van der Waals surface area (Å²) in [6.45, 7) is 5.72. The number of hydrogen-bond donors (Lipinski definition) is 1. The lowest BCUT2D eigenvalue weighted by Gasteiger charge is -2.27. The first-order chi connectivity index (χ1) is 15.9. The zero-order valence-electron chi connectivity index (χ0n) is 19.1. The minimum atomic E-state index is -0.928. The molecule has 0 aliphatic carbocycles. The van der Waals surface area contributed by atoms with Crippen LogP contribution in [0.2, 0.25) is 0 Å². The number of rotatable bonds is 10. The Hall–Kier alpha value is -3.51. The minimum Gasteiger partial charge on any atom is -0.497 e. The fraction of sp³-hybridized carbons (Fsp3) is 0.333. The topological polar surface area (TPSA) is 102 Å². The summed E-state index contributed by atoms with van der Waals surface area (Å²) in [6, 6.07) is 19.1. The molecule has 1 aromatic heterocycles. The van der Waals surface area contributed by atoms with Crippen LogP contribution in [-0.4, -0.2) is 39.1 Å². The number of carbonyl (C=O) groups is 1. The largest absolute Gasteiger partial charge is 0.497 e. The summed E-state index contributed by atoms with van der Waals surface area (Å²) in [4.78, 5) is 12.5. The summed E-state index contributed by atoms with van der Waals surface area (Å²) in [5.41, 5.74) is -0.0648. The van der Waals surface area contributed by atoms with Crippen LogP contribution in [0, 0.1) is 17.2 Å². The van der Waals surface area contributed by atoms with Crippen LogP contribution in [-0.2, 0) is 11.4 Å². The van der Waals surface area contributed by atoms with Crippen molar-refractivity contribution in [3.8, 4) is 23.3 Å². The van der Waals surface area contributed by atoms with Crippen LogP contribution in [0.4, 0.5) is 0 Å². The molecule has 33 heavy (non-hydrogen) atoms. The number of aromatic nitrogens is 3. The van der Waals surface area contributed by atoms with Crippen molar-refractivity contribution in [3.05, 3.63) is 60.4 Å². The molecule has 0 saturated carbocycles. The van der Waals surface area contributed by atoms with Gasteiger partial charge in [0.2, 0.25) is 5.91 Å². The molecule has 9 heteroatoms. The van der Waals surface area contributed by atoms with E-state index >= 15 is 0 Å². The average molecular weight is 466 g/mol. The second-order valence-electron chi connectivity index (χ2n) is 7.84. The summed E-state index contributed by atoms with van der Waals surface area (Å²) < 4.78 is 12.9. The van der Waals surface area contributed by atoms with E-state index in [9.17, 15) is 10.1 Å². The van der Waals surface area contributed by atoms with Gasteiger partial charge in [0.1, 0.15) is 23.6 Å². The maximum atomic E-state index is 12.5. The molecule has 0 radical (unpaired) electrons. The molecule has 1 amide bonds. The lowest BCUT2D eigenvalue weighted by molar-refractivity contribution is -0.120. The van der Waals surface area contributed by atoms with Crippen molar-refractivity contribution in [1.82, 2.24) is 20.1 Å². The molecule has 3 rings (SSSR count). The lowest BCUT2D eigenvalue weighted by Crippen LogP contribution is -2.49. The number of hydrogen-bond acceptors (Lipinski definition) is 7. The van der Waals surface area contributed by atoms with E-state index in [2.05, 4.69) is 21.6 Å². The van der Waals surface area contributed by atoms with E-state index in [4.69, 9.17) is 9.47 Å². The highest BCUT2D eigenvalue weighted by molar-refractivity contribution is 7.99. The Morgan fingerprint density at radius 1 is 1.15 bits per heavy atom. The van der Waals surface area contributed by atoms with Gasteiger partial charge in [0, 0.05) is 5.69 Å². The number of benzene rings is 2. The van der Waals surface area contributed by atoms with Gasteiger partial charge in [-0.3, -0.25) is 9.36 Å². The van der Waals surface area contributed by atoms with Crippen molar-refractivity contribution >= 4 is 17.7 Å². The minimum absolute atomic E-state index is 0.0221. The van der Waals surface area contributed by atoms with Gasteiger partial charge < -0.3 is 14.8 Å². The number of nitriles is 1. The number of amides is 1. The predicted octanol–water partition coefficient (Wildman–Crippen LogP) is 4.00. The maximum Gasteiger partial charge on any atom is 0.231 e. The standard InChI is InChI=1S/C24H27N5O3S/c1-17(2)24(3,16-25)26-22(30)15-33-23-28-27-21(29(23)18-8-6-5-7-9-18)14-32-20-12-10-19(31-4)11-13-20/h5-13,17H,14-15H2,1-4H3,(H,26,30). The zero-order chi connectivity index (χ0) is 23.8. The maximum absolute atomic E-state index is 12.5. The highest BCUT2D eigenvalue weighted by atomic mass is 32.2. The smallest absolute Gasteiger partial charge is 0.231 e. The van der Waals surface area contributed by atoms with Crippen molar-refractivity contribution in [1.29, 1.82) is 5.26 Å². The number of carbonyl (C=O) groups excluding carboxylic acids is 1. The van der Waals surface area contributed by atoms with Gasteiger partial charge in [-0.1, -0.05) is 43.8 Å². The van der Waals surface area contributed by atoms with E-state index in [1.165, 1.54) is 11.8 Å². The van der Waals surface area contributed by atoms with Crippen LogP contribution < -0.4 is 14.8 Å². The molecule has 0 bridgehead atoms. The van der Waals surface area contributed by atoms with Gasteiger partial charge in [-0.25, -0.2) is 0 Å². The lowest BCUT2D eigenvalue weighted by atomic mass is 9.90. The SMILES string of the molecule is COc1ccc(OCc2nnc(SCC(=O)NC(C)(C#N)C(C)C)n2-c2ccccc2)cc1. The third kappa shape index (κ3) is 6.05. The van der Waals surface area contributed by atoms with Gasteiger partial charge in [0.25, 0.3) is 0 Å². The summed E-state index contributed by atoms with van der Waals surface area (Å²) in [6.07, 6.45) is 0. The van der Waals surface area contributed by atoms with Crippen LogP contribution >= 0.6 is 11.8 Å². The molecule has 3 aromatic rings. The Morgan fingerprint density at radius 2 is 1.82 bits per heavy atom. The van der Waals surface area contributed by atoms with E-state index in [0.29, 0.717) is 16.7 Å². The molecule has 0 fully saturated rings. The van der Waals surface area contributed by atoms with E-state index in [1.54, 1.807) is 14.0 Å². The van der Waals surface area contributed by atoms with Crippen molar-refractivity contribution < 1.29 is 14.3 Å². The highest BCUT2D eigenvalue weighted by Gasteiger charge is 2.30. The summed E-state index contributed by atoms with van der Waals surface area (Å²) in [5, 5.41) is 21.4. The number of thioether (sulfide) groups is 1. The number of methoxy groups -OCH3 is 1. The van der Waals surface area contributed by atoms with Crippen LogP contribution in [0.1, 0.15) is 26.6 Å². The van der Waals surface area contributed by atoms with Crippen LogP contribution in [0.3, 0.4) is 0 Å². The molecule has 0 saturated heterocycles. The Morgan fingerprint density at radius 3 is 2.42 bits per heavy atom. The Kier molecular flexibility index (Phi) is 7.96. The van der Waals surface area contributed by atoms with Gasteiger partial charge >= 0.3 is 0 Å². The van der Waals surface area contributed by atoms with E-state index in [1.807, 2.05) is 73.0 Å². The quantitative estimate of drug-likeness (QED) is 0.452. The highest BCUT2D eigenvalue weighted by Crippen LogP contribution is 2.24. The zero-order valence-corrected chi connectivity index (χ0v) is 19.9. The Bertz CT molecular complexity index is 1110. The fourth-order valence-corrected chi connectivity index (χ4v) is 3.67. The second-order valence-corrected chi connectivity index (χ2v) is 8.78. The Labute approximate surface area is 197 Å². The molecule has 0 aliphatic heterocycles. The van der Waals surface area contributed by atoms with Gasteiger partial charge in [-0.05, 0) is 49.2 Å². The first kappa shape index (κ1) is 24.1.